The number of methoxy groups -OCH3 is 1. The zero-order valence-corrected chi connectivity index (χ0v) is 15.3. The van der Waals surface area contributed by atoms with Crippen molar-refractivity contribution in [2.24, 2.45) is 0 Å². The minimum atomic E-state index is -0.0545. The van der Waals surface area contributed by atoms with Crippen LogP contribution in [0.1, 0.15) is 32.6 Å². The van der Waals surface area contributed by atoms with Gasteiger partial charge in [0.15, 0.2) is 0 Å². The summed E-state index contributed by atoms with van der Waals surface area (Å²) in [7, 11) is 1.64. The lowest BCUT2D eigenvalue weighted by atomic mass is 10.2. The summed E-state index contributed by atoms with van der Waals surface area (Å²) in [5.41, 5.74) is 2.03. The number of rotatable bonds is 9. The van der Waals surface area contributed by atoms with Crippen molar-refractivity contribution in [1.29, 1.82) is 0 Å². The van der Waals surface area contributed by atoms with E-state index in [4.69, 9.17) is 4.74 Å². The third kappa shape index (κ3) is 6.05. The normalized spacial score (nSPS) is 13.8. The van der Waals surface area contributed by atoms with Gasteiger partial charge in [-0.3, -0.25) is 9.59 Å². The van der Waals surface area contributed by atoms with Crippen LogP contribution in [0.25, 0.3) is 0 Å². The van der Waals surface area contributed by atoms with E-state index in [9.17, 15) is 9.59 Å². The number of ether oxygens (including phenoxy) is 1. The van der Waals surface area contributed by atoms with E-state index in [0.29, 0.717) is 26.1 Å². The Balaban J connectivity index is 1.87. The molecule has 25 heavy (non-hydrogen) atoms. The molecule has 0 saturated carbocycles. The maximum Gasteiger partial charge on any atom is 0.223 e. The maximum absolute atomic E-state index is 12.0. The van der Waals surface area contributed by atoms with Crippen LogP contribution < -0.4 is 15.1 Å². The number of benzene rings is 1. The number of nitrogens with one attached hydrogen (secondary N) is 1. The first-order valence-electron chi connectivity index (χ1n) is 9.00. The third-order valence-electron chi connectivity index (χ3n) is 4.42. The van der Waals surface area contributed by atoms with Crippen LogP contribution in [-0.2, 0) is 14.3 Å². The first-order valence-corrected chi connectivity index (χ1v) is 9.00. The number of carbonyl (C=O) groups excluding carboxylic acids is 2. The largest absolute Gasteiger partial charge is 0.385 e. The molecule has 6 nitrogen and oxygen atoms in total. The number of amides is 2. The van der Waals surface area contributed by atoms with Crippen LogP contribution in [0.3, 0.4) is 0 Å². The molecule has 1 aromatic rings. The molecule has 0 spiro atoms. The smallest absolute Gasteiger partial charge is 0.223 e. The predicted molar refractivity (Wildman–Crippen MR) is 100 cm³/mol. The molecule has 1 aliphatic heterocycles. The summed E-state index contributed by atoms with van der Waals surface area (Å²) in [5.74, 6) is -0.0999. The molecule has 1 aliphatic rings. The molecule has 2 amide bonds. The maximum atomic E-state index is 12.0. The van der Waals surface area contributed by atoms with E-state index in [1.165, 1.54) is 25.5 Å². The standard InChI is InChI=1S/C19H29N3O3/c1-16(23)22(14-10-19(24)20-11-5-15-25-2)18-8-6-17(7-9-18)21-12-3-4-13-21/h6-9H,3-5,10-15H2,1-2H3,(H,20,24). The second-order valence-electron chi connectivity index (χ2n) is 6.33. The molecule has 1 N–H and O–H groups in total. The molecular weight excluding hydrogens is 318 g/mol. The molecule has 0 unspecified atom stereocenters. The fourth-order valence-electron chi connectivity index (χ4n) is 3.03. The lowest BCUT2D eigenvalue weighted by Gasteiger charge is -2.23. The Morgan fingerprint density at radius 3 is 2.48 bits per heavy atom. The molecule has 0 aliphatic carbocycles. The molecule has 1 fully saturated rings. The van der Waals surface area contributed by atoms with Crippen molar-refractivity contribution in [3.05, 3.63) is 24.3 Å². The van der Waals surface area contributed by atoms with Gasteiger partial charge in [0.05, 0.1) is 0 Å². The first kappa shape index (κ1) is 19.2. The Bertz CT molecular complexity index is 554. The van der Waals surface area contributed by atoms with Gasteiger partial charge in [0.1, 0.15) is 0 Å². The Kier molecular flexibility index (Phi) is 7.73. The van der Waals surface area contributed by atoms with E-state index in [2.05, 4.69) is 22.3 Å². The Morgan fingerprint density at radius 2 is 1.88 bits per heavy atom. The van der Waals surface area contributed by atoms with Crippen LogP contribution in [0.4, 0.5) is 11.4 Å². The Hall–Kier alpha value is -2.08. The molecule has 0 bridgehead atoms. The number of anilines is 2. The van der Waals surface area contributed by atoms with E-state index >= 15 is 0 Å². The molecule has 0 radical (unpaired) electrons. The molecule has 1 saturated heterocycles. The monoisotopic (exact) mass is 347 g/mol. The molecule has 1 aromatic carbocycles. The van der Waals surface area contributed by atoms with E-state index in [0.717, 1.165) is 25.2 Å². The first-order chi connectivity index (χ1) is 12.1. The summed E-state index contributed by atoms with van der Waals surface area (Å²) in [6.45, 7) is 5.33. The van der Waals surface area contributed by atoms with Crippen molar-refractivity contribution in [2.75, 3.05) is 49.7 Å². The van der Waals surface area contributed by atoms with Crippen molar-refractivity contribution < 1.29 is 14.3 Å². The predicted octanol–water partition coefficient (Wildman–Crippen LogP) is 2.18. The van der Waals surface area contributed by atoms with Crippen LogP contribution in [-0.4, -0.2) is 51.7 Å². The van der Waals surface area contributed by atoms with Crippen molar-refractivity contribution in [1.82, 2.24) is 5.32 Å². The highest BCUT2D eigenvalue weighted by Crippen LogP contribution is 2.24. The zero-order valence-electron chi connectivity index (χ0n) is 15.3. The fraction of sp³-hybridized carbons (Fsp3) is 0.579. The summed E-state index contributed by atoms with van der Waals surface area (Å²) in [6.07, 6.45) is 3.55. The van der Waals surface area contributed by atoms with Gasteiger partial charge < -0.3 is 19.9 Å². The average molecular weight is 347 g/mol. The minimum absolute atomic E-state index is 0.0453. The summed E-state index contributed by atoms with van der Waals surface area (Å²) in [5, 5.41) is 2.85. The molecule has 138 valence electrons. The lowest BCUT2D eigenvalue weighted by molar-refractivity contribution is -0.121. The number of hydrogen-bond acceptors (Lipinski definition) is 4. The Morgan fingerprint density at radius 1 is 1.20 bits per heavy atom. The quantitative estimate of drug-likeness (QED) is 0.696. The lowest BCUT2D eigenvalue weighted by Crippen LogP contribution is -2.34. The highest BCUT2D eigenvalue weighted by Gasteiger charge is 2.15. The molecular formula is C19H29N3O3. The highest BCUT2D eigenvalue weighted by molar-refractivity contribution is 5.92. The average Bonchev–Trinajstić information content (AvgIpc) is 3.14. The third-order valence-corrected chi connectivity index (χ3v) is 4.42. The number of hydrogen-bond donors (Lipinski definition) is 1. The van der Waals surface area contributed by atoms with E-state index in [1.807, 2.05) is 12.1 Å². The fourth-order valence-corrected chi connectivity index (χ4v) is 3.03. The summed E-state index contributed by atoms with van der Waals surface area (Å²) in [6, 6.07) is 8.04. The van der Waals surface area contributed by atoms with Gasteiger partial charge in [-0.05, 0) is 43.5 Å². The summed E-state index contributed by atoms with van der Waals surface area (Å²) >= 11 is 0. The van der Waals surface area contributed by atoms with Crippen molar-refractivity contribution >= 4 is 23.2 Å². The highest BCUT2D eigenvalue weighted by atomic mass is 16.5. The molecule has 6 heteroatoms. The van der Waals surface area contributed by atoms with Gasteiger partial charge in [-0.1, -0.05) is 0 Å². The molecule has 0 atom stereocenters. The topological polar surface area (TPSA) is 61.9 Å². The summed E-state index contributed by atoms with van der Waals surface area (Å²) < 4.78 is 4.95. The van der Waals surface area contributed by atoms with E-state index < -0.39 is 0 Å². The van der Waals surface area contributed by atoms with Crippen molar-refractivity contribution in [3.8, 4) is 0 Å². The van der Waals surface area contributed by atoms with E-state index in [1.54, 1.807) is 12.0 Å². The van der Waals surface area contributed by atoms with E-state index in [-0.39, 0.29) is 11.8 Å². The Labute approximate surface area is 150 Å². The van der Waals surface area contributed by atoms with Crippen LogP contribution in [0.5, 0.6) is 0 Å². The second-order valence-corrected chi connectivity index (χ2v) is 6.33. The van der Waals surface area contributed by atoms with Gasteiger partial charge in [-0.15, -0.1) is 0 Å². The molecule has 1 heterocycles. The van der Waals surface area contributed by atoms with Gasteiger partial charge in [-0.2, -0.15) is 0 Å². The molecule has 2 rings (SSSR count). The van der Waals surface area contributed by atoms with Crippen LogP contribution >= 0.6 is 0 Å². The SMILES string of the molecule is COCCCNC(=O)CCN(C(C)=O)c1ccc(N2CCCC2)cc1. The minimum Gasteiger partial charge on any atom is -0.385 e. The second kappa shape index (κ2) is 10.0. The van der Waals surface area contributed by atoms with Crippen molar-refractivity contribution in [2.45, 2.75) is 32.6 Å². The van der Waals surface area contributed by atoms with Crippen LogP contribution in [0.2, 0.25) is 0 Å². The number of carbonyl (C=O) groups is 2. The van der Waals surface area contributed by atoms with Gasteiger partial charge >= 0.3 is 0 Å². The van der Waals surface area contributed by atoms with Gasteiger partial charge in [0.25, 0.3) is 0 Å². The van der Waals surface area contributed by atoms with Crippen LogP contribution in [0, 0.1) is 0 Å². The van der Waals surface area contributed by atoms with Crippen molar-refractivity contribution in [3.63, 3.8) is 0 Å². The number of nitrogens with zero attached hydrogens (tertiary/aromatic N) is 2. The van der Waals surface area contributed by atoms with Gasteiger partial charge in [0.2, 0.25) is 11.8 Å². The zero-order chi connectivity index (χ0) is 18.1. The molecule has 0 aromatic heterocycles. The van der Waals surface area contributed by atoms with Gasteiger partial charge in [0, 0.05) is 64.6 Å². The summed E-state index contributed by atoms with van der Waals surface area (Å²) in [4.78, 5) is 27.9. The van der Waals surface area contributed by atoms with Gasteiger partial charge in [-0.25, -0.2) is 0 Å². The van der Waals surface area contributed by atoms with Crippen LogP contribution in [0.15, 0.2) is 24.3 Å².